The van der Waals surface area contributed by atoms with E-state index in [0.29, 0.717) is 18.3 Å². The molecule has 12 nitrogen and oxygen atoms in total. The number of aliphatic carboxylic acids is 1. The van der Waals surface area contributed by atoms with E-state index in [1.54, 1.807) is 12.3 Å². The molecule has 1 unspecified atom stereocenters. The molecule has 0 bridgehead atoms. The van der Waals surface area contributed by atoms with E-state index in [9.17, 15) is 24.0 Å². The summed E-state index contributed by atoms with van der Waals surface area (Å²) >= 11 is 0. The number of rotatable bonds is 11. The topological polar surface area (TPSA) is 172 Å². The maximum atomic E-state index is 11.7. The number of esters is 2. The molecule has 0 aromatic rings. The highest BCUT2D eigenvalue weighted by atomic mass is 16.7. The van der Waals surface area contributed by atoms with Crippen molar-refractivity contribution in [3.8, 4) is 0 Å². The predicted octanol–water partition coefficient (Wildman–Crippen LogP) is -0.530. The van der Waals surface area contributed by atoms with Crippen LogP contribution in [0.25, 0.3) is 0 Å². The van der Waals surface area contributed by atoms with Crippen LogP contribution in [0.5, 0.6) is 0 Å². The van der Waals surface area contributed by atoms with Gasteiger partial charge in [-0.05, 0) is 6.42 Å². The van der Waals surface area contributed by atoms with Gasteiger partial charge >= 0.3 is 17.9 Å². The zero-order valence-corrected chi connectivity index (χ0v) is 17.7. The average Bonchev–Trinajstić information content (AvgIpc) is 3.03. The monoisotopic (exact) mass is 454 g/mol. The van der Waals surface area contributed by atoms with Crippen molar-refractivity contribution < 1.29 is 48.0 Å². The van der Waals surface area contributed by atoms with E-state index in [4.69, 9.17) is 29.8 Å². The lowest BCUT2D eigenvalue weighted by molar-refractivity contribution is -0.166. The molecule has 0 aromatic carbocycles. The summed E-state index contributed by atoms with van der Waals surface area (Å²) in [5.74, 6) is -3.95. The van der Waals surface area contributed by atoms with Gasteiger partial charge in [-0.2, -0.15) is 0 Å². The normalized spacial score (nSPS) is 25.6. The van der Waals surface area contributed by atoms with Crippen LogP contribution in [0.3, 0.4) is 0 Å². The van der Waals surface area contributed by atoms with Gasteiger partial charge in [0.05, 0.1) is 19.6 Å². The smallest absolute Gasteiger partial charge is 0.304 e. The number of nitrogens with zero attached hydrogens (tertiary/aromatic N) is 1. The van der Waals surface area contributed by atoms with Crippen LogP contribution in [0.4, 0.5) is 0 Å². The molecule has 2 heterocycles. The van der Waals surface area contributed by atoms with Crippen molar-refractivity contribution in [2.24, 2.45) is 11.7 Å². The van der Waals surface area contributed by atoms with Crippen LogP contribution < -0.4 is 5.73 Å². The van der Waals surface area contributed by atoms with Crippen LogP contribution in [-0.4, -0.2) is 77.9 Å². The third kappa shape index (κ3) is 6.89. The molecular formula is C20H26N2O10. The number of ether oxygens (including phenoxy) is 4. The summed E-state index contributed by atoms with van der Waals surface area (Å²) < 4.78 is 22.1. The number of amides is 1. The first-order valence-corrected chi connectivity index (χ1v) is 9.81. The van der Waals surface area contributed by atoms with Crippen LogP contribution in [0.2, 0.25) is 0 Å². The van der Waals surface area contributed by atoms with Crippen molar-refractivity contribution >= 4 is 30.1 Å². The van der Waals surface area contributed by atoms with Crippen LogP contribution in [0, 0.1) is 5.92 Å². The number of nitrogens with two attached hydrogens (primary N) is 1. The van der Waals surface area contributed by atoms with E-state index in [-0.39, 0.29) is 13.2 Å². The van der Waals surface area contributed by atoms with Gasteiger partial charge in [-0.3, -0.25) is 19.2 Å². The SMILES string of the molecule is CC(=O)O[C@@H]1[C@H](OC(C)=O)[C@@H](COCC(C=O)CC(=O)O)O[C@H]1N1C=CCC(C(N)=O)=C1. The Hall–Kier alpha value is -3.25. The number of carbonyl (C=O) groups is 5. The van der Waals surface area contributed by atoms with Crippen molar-refractivity contribution in [2.45, 2.75) is 51.2 Å². The Bertz CT molecular complexity index is 808. The van der Waals surface area contributed by atoms with E-state index < -0.39 is 60.7 Å². The molecule has 0 saturated carbocycles. The summed E-state index contributed by atoms with van der Waals surface area (Å²) in [7, 11) is 0. The van der Waals surface area contributed by atoms with Crippen LogP contribution in [0.15, 0.2) is 24.0 Å². The Balaban J connectivity index is 2.21. The number of carboxylic acid groups (broad SMARTS) is 1. The van der Waals surface area contributed by atoms with E-state index in [1.807, 2.05) is 0 Å². The van der Waals surface area contributed by atoms with Crippen molar-refractivity contribution in [1.82, 2.24) is 4.90 Å². The minimum atomic E-state index is -1.15. The van der Waals surface area contributed by atoms with E-state index in [2.05, 4.69) is 0 Å². The van der Waals surface area contributed by atoms with E-state index in [0.717, 1.165) is 0 Å². The number of hydrogen-bond donors (Lipinski definition) is 2. The highest BCUT2D eigenvalue weighted by Gasteiger charge is 2.51. The van der Waals surface area contributed by atoms with Gasteiger partial charge in [0.2, 0.25) is 5.91 Å². The molecule has 0 aromatic heterocycles. The summed E-state index contributed by atoms with van der Waals surface area (Å²) in [5, 5.41) is 8.83. The minimum Gasteiger partial charge on any atom is -0.481 e. The van der Waals surface area contributed by atoms with Gasteiger partial charge < -0.3 is 39.5 Å². The first-order valence-electron chi connectivity index (χ1n) is 9.81. The highest BCUT2D eigenvalue weighted by molar-refractivity contribution is 5.92. The molecule has 32 heavy (non-hydrogen) atoms. The Kier molecular flexibility index (Phi) is 8.91. The lowest BCUT2D eigenvalue weighted by Gasteiger charge is -2.30. The Morgan fingerprint density at radius 1 is 1.25 bits per heavy atom. The molecular weight excluding hydrogens is 428 g/mol. The third-order valence-corrected chi connectivity index (χ3v) is 4.66. The minimum absolute atomic E-state index is 0.180. The van der Waals surface area contributed by atoms with Gasteiger partial charge in [0, 0.05) is 37.7 Å². The predicted molar refractivity (Wildman–Crippen MR) is 105 cm³/mol. The van der Waals surface area contributed by atoms with Crippen molar-refractivity contribution in [3.63, 3.8) is 0 Å². The fraction of sp³-hybridized carbons (Fsp3) is 0.550. The summed E-state index contributed by atoms with van der Waals surface area (Å²) in [6.07, 6.45) is 1.11. The van der Waals surface area contributed by atoms with Gasteiger partial charge in [-0.15, -0.1) is 0 Å². The number of carboxylic acids is 1. The quantitative estimate of drug-likeness (QED) is 0.304. The van der Waals surface area contributed by atoms with Gasteiger partial charge in [0.15, 0.2) is 18.4 Å². The highest BCUT2D eigenvalue weighted by Crippen LogP contribution is 2.32. The molecule has 12 heteroatoms. The van der Waals surface area contributed by atoms with Gasteiger partial charge in [0.25, 0.3) is 0 Å². The number of hydrogen-bond acceptors (Lipinski definition) is 10. The number of primary amides is 1. The zero-order chi connectivity index (χ0) is 23.8. The van der Waals surface area contributed by atoms with Gasteiger partial charge in [0.1, 0.15) is 12.4 Å². The second kappa shape index (κ2) is 11.4. The summed E-state index contributed by atoms with van der Waals surface area (Å²) in [5.41, 5.74) is 5.65. The second-order valence-electron chi connectivity index (χ2n) is 7.30. The number of carbonyl (C=O) groups excluding carboxylic acids is 4. The Morgan fingerprint density at radius 2 is 1.91 bits per heavy atom. The first-order chi connectivity index (χ1) is 15.1. The summed E-state index contributed by atoms with van der Waals surface area (Å²) in [6, 6.07) is 0. The Morgan fingerprint density at radius 3 is 2.47 bits per heavy atom. The molecule has 2 aliphatic heterocycles. The second-order valence-corrected chi connectivity index (χ2v) is 7.30. The maximum Gasteiger partial charge on any atom is 0.304 e. The van der Waals surface area contributed by atoms with E-state index >= 15 is 0 Å². The van der Waals surface area contributed by atoms with Gasteiger partial charge in [-0.25, -0.2) is 0 Å². The van der Waals surface area contributed by atoms with Crippen molar-refractivity contribution in [1.29, 1.82) is 0 Å². The van der Waals surface area contributed by atoms with Crippen LogP contribution in [0.1, 0.15) is 26.7 Å². The molecule has 1 saturated heterocycles. The molecule has 0 aliphatic carbocycles. The molecule has 5 atom stereocenters. The Labute approximate surface area is 183 Å². The first kappa shape index (κ1) is 25.0. The average molecular weight is 454 g/mol. The fourth-order valence-electron chi connectivity index (χ4n) is 3.34. The lowest BCUT2D eigenvalue weighted by atomic mass is 10.1. The van der Waals surface area contributed by atoms with Gasteiger partial charge in [-0.1, -0.05) is 6.08 Å². The lowest BCUT2D eigenvalue weighted by Crippen LogP contribution is -2.45. The van der Waals surface area contributed by atoms with Crippen LogP contribution >= 0.6 is 0 Å². The number of aldehydes is 1. The largest absolute Gasteiger partial charge is 0.481 e. The molecule has 0 radical (unpaired) electrons. The molecule has 3 N–H and O–H groups in total. The number of allylic oxidation sites excluding steroid dienone is 1. The molecule has 1 amide bonds. The zero-order valence-electron chi connectivity index (χ0n) is 17.7. The molecule has 1 fully saturated rings. The standard InChI is InChI=1S/C20H26N2O10/c1-11(24)30-17-15(10-29-9-13(8-23)6-16(26)27)32-20(18(17)31-12(2)25)22-5-3-4-14(7-22)19(21)28/h3,5,7-8,13,15,17-18,20H,4,6,9-10H2,1-2H3,(H2,21,28)(H,26,27)/t13?,15-,17-,18-,20-/m1/s1. The maximum absolute atomic E-state index is 11.7. The fourth-order valence-corrected chi connectivity index (χ4v) is 3.34. The molecule has 176 valence electrons. The molecule has 0 spiro atoms. The summed E-state index contributed by atoms with van der Waals surface area (Å²) in [6.45, 7) is 1.99. The van der Waals surface area contributed by atoms with E-state index in [1.165, 1.54) is 24.9 Å². The van der Waals surface area contributed by atoms with Crippen LogP contribution in [-0.2, 0) is 42.9 Å². The third-order valence-electron chi connectivity index (χ3n) is 4.66. The van der Waals surface area contributed by atoms with Crippen molar-refractivity contribution in [2.75, 3.05) is 13.2 Å². The molecule has 2 aliphatic rings. The summed E-state index contributed by atoms with van der Waals surface area (Å²) in [4.78, 5) is 58.3. The van der Waals surface area contributed by atoms with Crippen molar-refractivity contribution in [3.05, 3.63) is 24.0 Å². The molecule has 2 rings (SSSR count).